The molecule has 3 aromatic rings. The minimum atomic E-state index is -1.54. The van der Waals surface area contributed by atoms with Gasteiger partial charge in [-0.25, -0.2) is 14.4 Å². The lowest BCUT2D eigenvalue weighted by atomic mass is 9.97. The van der Waals surface area contributed by atoms with Crippen LogP contribution in [0, 0.1) is 0 Å². The van der Waals surface area contributed by atoms with Gasteiger partial charge in [0.05, 0.1) is 30.4 Å². The molecule has 0 bridgehead atoms. The Morgan fingerprint density at radius 2 is 1.18 bits per heavy atom. The molecule has 5 atom stereocenters. The Hall–Kier alpha value is -4.03. The summed E-state index contributed by atoms with van der Waals surface area (Å²) in [5.41, 5.74) is 0.656. The SMILES string of the molecule is COc1ccc(C(=O)O[C@@H]2[C@H](OC(=O)c3ccccc3)[C@@H](OC(=O)c3ccccc3)[C@H](OCC[Si](C)(C)C)O[C@@H]2CO)cc1. The molecule has 1 aliphatic heterocycles. The molecule has 44 heavy (non-hydrogen) atoms. The summed E-state index contributed by atoms with van der Waals surface area (Å²) in [5, 5.41) is 10.4. The van der Waals surface area contributed by atoms with Gasteiger partial charge in [0, 0.05) is 14.7 Å². The number of aliphatic hydroxyl groups is 1. The molecule has 0 radical (unpaired) electrons. The normalized spacial score (nSPS) is 21.6. The zero-order chi connectivity index (χ0) is 31.7. The molecule has 1 fully saturated rings. The summed E-state index contributed by atoms with van der Waals surface area (Å²) in [4.78, 5) is 40.0. The lowest BCUT2D eigenvalue weighted by Crippen LogP contribution is -2.63. The van der Waals surface area contributed by atoms with E-state index in [4.69, 9.17) is 28.4 Å². The second-order valence-corrected chi connectivity index (χ2v) is 17.1. The van der Waals surface area contributed by atoms with Crippen LogP contribution in [-0.4, -0.2) is 82.1 Å². The standard InChI is InChI=1S/C33H38O10Si/c1-38-25-17-15-24(16-18-25)32(37)41-27-26(21-34)40-33(39-19-20-44(2,3)4)29(43-31(36)23-13-9-6-10-14-23)28(27)42-30(35)22-11-7-5-8-12-22/h5-18,26-29,33-34H,19-21H2,1-4H3/t26-,27+,28+,29-,33-/m1/s1. The number of rotatable bonds is 12. The number of hydrogen-bond acceptors (Lipinski definition) is 10. The minimum absolute atomic E-state index is 0.182. The van der Waals surface area contributed by atoms with Gasteiger partial charge in [-0.3, -0.25) is 0 Å². The highest BCUT2D eigenvalue weighted by Gasteiger charge is 2.53. The highest BCUT2D eigenvalue weighted by molar-refractivity contribution is 6.76. The Morgan fingerprint density at radius 3 is 1.66 bits per heavy atom. The van der Waals surface area contributed by atoms with Crippen LogP contribution in [0.5, 0.6) is 5.75 Å². The van der Waals surface area contributed by atoms with E-state index in [0.29, 0.717) is 5.75 Å². The predicted octanol–water partition coefficient (Wildman–Crippen LogP) is 4.74. The van der Waals surface area contributed by atoms with E-state index in [2.05, 4.69) is 19.6 Å². The lowest BCUT2D eigenvalue weighted by Gasteiger charge is -2.44. The summed E-state index contributed by atoms with van der Waals surface area (Å²) < 4.78 is 35.1. The van der Waals surface area contributed by atoms with E-state index in [-0.39, 0.29) is 23.3 Å². The lowest BCUT2D eigenvalue weighted by molar-refractivity contribution is -0.297. The van der Waals surface area contributed by atoms with Crippen LogP contribution in [0.2, 0.25) is 25.7 Å². The van der Waals surface area contributed by atoms with E-state index in [9.17, 15) is 19.5 Å². The smallest absolute Gasteiger partial charge is 0.338 e. The summed E-state index contributed by atoms with van der Waals surface area (Å²) >= 11 is 0. The van der Waals surface area contributed by atoms with Gasteiger partial charge in [-0.05, 0) is 54.6 Å². The molecule has 0 aliphatic carbocycles. The average Bonchev–Trinajstić information content (AvgIpc) is 3.03. The van der Waals surface area contributed by atoms with Crippen molar-refractivity contribution in [3.8, 4) is 5.75 Å². The van der Waals surface area contributed by atoms with Crippen LogP contribution in [0.25, 0.3) is 0 Å². The zero-order valence-electron chi connectivity index (χ0n) is 25.2. The molecule has 0 saturated carbocycles. The number of carbonyl (C=O) groups is 3. The third-order valence-corrected chi connectivity index (χ3v) is 8.68. The molecule has 4 rings (SSSR count). The van der Waals surface area contributed by atoms with Gasteiger partial charge < -0.3 is 33.5 Å². The Labute approximate surface area is 257 Å². The molecule has 1 saturated heterocycles. The summed E-state index contributed by atoms with van der Waals surface area (Å²) in [7, 11) is -0.0388. The average molecular weight is 623 g/mol. The van der Waals surface area contributed by atoms with E-state index in [1.807, 2.05) is 0 Å². The van der Waals surface area contributed by atoms with Gasteiger partial charge in [0.15, 0.2) is 24.6 Å². The Bertz CT molecular complexity index is 1380. The second kappa shape index (κ2) is 15.1. The second-order valence-electron chi connectivity index (χ2n) is 11.5. The first-order chi connectivity index (χ1) is 21.1. The molecule has 0 amide bonds. The maximum Gasteiger partial charge on any atom is 0.338 e. The number of esters is 3. The number of ether oxygens (including phenoxy) is 6. The highest BCUT2D eigenvalue weighted by Crippen LogP contribution is 2.31. The molecule has 0 unspecified atom stereocenters. The summed E-state index contributed by atoms with van der Waals surface area (Å²) in [6, 6.07) is 23.5. The van der Waals surface area contributed by atoms with Crippen LogP contribution in [0.3, 0.4) is 0 Å². The van der Waals surface area contributed by atoms with Crippen molar-refractivity contribution in [1.29, 1.82) is 0 Å². The van der Waals surface area contributed by atoms with Crippen molar-refractivity contribution in [2.45, 2.75) is 56.4 Å². The van der Waals surface area contributed by atoms with Gasteiger partial charge >= 0.3 is 17.9 Å². The summed E-state index contributed by atoms with van der Waals surface area (Å²) in [6.07, 6.45) is -6.53. The highest BCUT2D eigenvalue weighted by atomic mass is 28.3. The number of aliphatic hydroxyl groups excluding tert-OH is 1. The molecule has 0 aromatic heterocycles. The third-order valence-electron chi connectivity index (χ3n) is 6.98. The largest absolute Gasteiger partial charge is 0.497 e. The van der Waals surface area contributed by atoms with E-state index < -0.39 is 63.3 Å². The fraction of sp³-hybridized carbons (Fsp3) is 0.364. The minimum Gasteiger partial charge on any atom is -0.497 e. The zero-order valence-corrected chi connectivity index (χ0v) is 26.2. The number of methoxy groups -OCH3 is 1. The molecular weight excluding hydrogens is 584 g/mol. The van der Waals surface area contributed by atoms with Crippen molar-refractivity contribution in [2.75, 3.05) is 20.3 Å². The molecule has 11 heteroatoms. The molecule has 10 nitrogen and oxygen atoms in total. The maximum atomic E-state index is 13.4. The number of benzene rings is 3. The van der Waals surface area contributed by atoms with Crippen molar-refractivity contribution < 1.29 is 47.9 Å². The van der Waals surface area contributed by atoms with Gasteiger partial charge in [-0.15, -0.1) is 0 Å². The van der Waals surface area contributed by atoms with E-state index >= 15 is 0 Å². The first-order valence-electron chi connectivity index (χ1n) is 14.3. The van der Waals surface area contributed by atoms with Crippen molar-refractivity contribution >= 4 is 26.0 Å². The quantitative estimate of drug-likeness (QED) is 0.172. The Kier molecular flexibility index (Phi) is 11.3. The van der Waals surface area contributed by atoms with E-state index in [0.717, 1.165) is 6.04 Å². The van der Waals surface area contributed by atoms with Crippen LogP contribution < -0.4 is 4.74 Å². The molecule has 234 valence electrons. The van der Waals surface area contributed by atoms with Crippen LogP contribution >= 0.6 is 0 Å². The van der Waals surface area contributed by atoms with Gasteiger partial charge in [-0.1, -0.05) is 56.0 Å². The first kappa shape index (κ1) is 32.9. The first-order valence-corrected chi connectivity index (χ1v) is 18.1. The van der Waals surface area contributed by atoms with Gasteiger partial charge in [0.1, 0.15) is 11.9 Å². The predicted molar refractivity (Wildman–Crippen MR) is 163 cm³/mol. The van der Waals surface area contributed by atoms with E-state index in [1.165, 1.54) is 19.2 Å². The van der Waals surface area contributed by atoms with Gasteiger partial charge in [0.25, 0.3) is 0 Å². The van der Waals surface area contributed by atoms with Crippen LogP contribution in [0.1, 0.15) is 31.1 Å². The van der Waals surface area contributed by atoms with Gasteiger partial charge in [-0.2, -0.15) is 0 Å². The monoisotopic (exact) mass is 622 g/mol. The fourth-order valence-corrected chi connectivity index (χ4v) is 5.22. The number of hydrogen-bond donors (Lipinski definition) is 1. The molecular formula is C33H38O10Si. The third kappa shape index (κ3) is 8.76. The topological polar surface area (TPSA) is 127 Å². The molecule has 1 heterocycles. The fourth-order valence-electron chi connectivity index (χ4n) is 4.49. The summed E-state index contributed by atoms with van der Waals surface area (Å²) in [6.45, 7) is 6.21. The van der Waals surface area contributed by atoms with Crippen molar-refractivity contribution in [3.05, 3.63) is 102 Å². The van der Waals surface area contributed by atoms with Crippen molar-refractivity contribution in [2.24, 2.45) is 0 Å². The van der Waals surface area contributed by atoms with Crippen molar-refractivity contribution in [1.82, 2.24) is 0 Å². The van der Waals surface area contributed by atoms with Crippen LogP contribution in [0.15, 0.2) is 84.9 Å². The van der Waals surface area contributed by atoms with Crippen LogP contribution in [0.4, 0.5) is 0 Å². The van der Waals surface area contributed by atoms with Crippen molar-refractivity contribution in [3.63, 3.8) is 0 Å². The molecule has 3 aromatic carbocycles. The maximum absolute atomic E-state index is 13.4. The van der Waals surface area contributed by atoms with E-state index in [1.54, 1.807) is 72.8 Å². The number of carbonyl (C=O) groups excluding carboxylic acids is 3. The Morgan fingerprint density at radius 1 is 0.705 bits per heavy atom. The van der Waals surface area contributed by atoms with Crippen LogP contribution in [-0.2, 0) is 23.7 Å². The molecule has 1 N–H and O–H groups in total. The molecule has 0 spiro atoms. The summed E-state index contributed by atoms with van der Waals surface area (Å²) in [5.74, 6) is -1.70. The molecule has 1 aliphatic rings. The van der Waals surface area contributed by atoms with Gasteiger partial charge in [0.2, 0.25) is 0 Å². The Balaban J connectivity index is 1.71.